The Hall–Kier alpha value is -4.07. The molecule has 0 bridgehead atoms. The highest BCUT2D eigenvalue weighted by Crippen LogP contribution is 2.46. The first-order valence-corrected chi connectivity index (χ1v) is 11.1. The van der Waals surface area contributed by atoms with Crippen molar-refractivity contribution < 1.29 is 19.4 Å². The molecule has 2 aromatic carbocycles. The van der Waals surface area contributed by atoms with Gasteiger partial charge in [-0.15, -0.1) is 0 Å². The molecule has 0 saturated carbocycles. The highest BCUT2D eigenvalue weighted by atomic mass is 16.5. The van der Waals surface area contributed by atoms with E-state index in [9.17, 15) is 14.7 Å². The monoisotopic (exact) mass is 458 g/mol. The number of ketones is 1. The summed E-state index contributed by atoms with van der Waals surface area (Å²) >= 11 is 0. The zero-order valence-corrected chi connectivity index (χ0v) is 19.3. The summed E-state index contributed by atoms with van der Waals surface area (Å²) in [6.45, 7) is 4.13. The van der Waals surface area contributed by atoms with E-state index in [1.165, 1.54) is 6.20 Å². The molecule has 34 heavy (non-hydrogen) atoms. The van der Waals surface area contributed by atoms with Crippen LogP contribution in [0, 0.1) is 5.41 Å². The molecular formula is C26H26N4O4. The zero-order chi connectivity index (χ0) is 24.0. The van der Waals surface area contributed by atoms with E-state index in [1.807, 2.05) is 0 Å². The Kier molecular flexibility index (Phi) is 5.16. The van der Waals surface area contributed by atoms with E-state index in [1.54, 1.807) is 60.3 Å². The number of anilines is 2. The SMILES string of the molecule is COc1cccc(NC(=O)c2cnn3c2NC2=C(C(=O)CC(C)(C)C2)[C@@H]3c2ccc(O)cc2)c1. The van der Waals surface area contributed by atoms with Gasteiger partial charge >= 0.3 is 0 Å². The summed E-state index contributed by atoms with van der Waals surface area (Å²) in [6.07, 6.45) is 2.62. The van der Waals surface area contributed by atoms with Gasteiger partial charge in [-0.25, -0.2) is 4.68 Å². The molecule has 8 heteroatoms. The van der Waals surface area contributed by atoms with Crippen LogP contribution in [0.3, 0.4) is 0 Å². The number of allylic oxidation sites excluding steroid dienone is 2. The molecule has 174 valence electrons. The summed E-state index contributed by atoms with van der Waals surface area (Å²) in [5.41, 5.74) is 3.04. The highest BCUT2D eigenvalue weighted by Gasteiger charge is 2.42. The fraction of sp³-hybridized carbons (Fsp3) is 0.269. The van der Waals surface area contributed by atoms with Gasteiger partial charge in [-0.3, -0.25) is 9.59 Å². The smallest absolute Gasteiger partial charge is 0.261 e. The highest BCUT2D eigenvalue weighted by molar-refractivity contribution is 6.08. The average molecular weight is 459 g/mol. The number of nitrogens with one attached hydrogen (secondary N) is 2. The van der Waals surface area contributed by atoms with Gasteiger partial charge in [-0.2, -0.15) is 5.10 Å². The number of aromatic nitrogens is 2. The number of carbonyl (C=O) groups excluding carboxylic acids is 2. The number of benzene rings is 2. The molecule has 2 heterocycles. The number of hydrogen-bond donors (Lipinski definition) is 3. The minimum absolute atomic E-state index is 0.0559. The second kappa shape index (κ2) is 8.06. The predicted octanol–water partition coefficient (Wildman–Crippen LogP) is 4.51. The molecule has 1 aliphatic carbocycles. The van der Waals surface area contributed by atoms with Gasteiger partial charge < -0.3 is 20.5 Å². The van der Waals surface area contributed by atoms with Crippen molar-refractivity contribution in [1.29, 1.82) is 0 Å². The van der Waals surface area contributed by atoms with Gasteiger partial charge in [0.2, 0.25) is 0 Å². The summed E-state index contributed by atoms with van der Waals surface area (Å²) in [5.74, 6) is 1.04. The van der Waals surface area contributed by atoms with Crippen LogP contribution in [-0.2, 0) is 4.79 Å². The van der Waals surface area contributed by atoms with Gasteiger partial charge in [-0.05, 0) is 41.7 Å². The average Bonchev–Trinajstić information content (AvgIpc) is 3.21. The van der Waals surface area contributed by atoms with Crippen molar-refractivity contribution in [3.05, 3.63) is 77.1 Å². The van der Waals surface area contributed by atoms with Crippen LogP contribution in [0.1, 0.15) is 48.7 Å². The molecular weight excluding hydrogens is 432 g/mol. The normalized spacial score (nSPS) is 18.6. The summed E-state index contributed by atoms with van der Waals surface area (Å²) in [5, 5.41) is 20.6. The first-order chi connectivity index (χ1) is 16.3. The van der Waals surface area contributed by atoms with E-state index in [0.29, 0.717) is 41.2 Å². The number of methoxy groups -OCH3 is 1. The molecule has 1 aliphatic heterocycles. The van der Waals surface area contributed by atoms with E-state index in [4.69, 9.17) is 4.74 Å². The maximum absolute atomic E-state index is 13.3. The molecule has 3 N–H and O–H groups in total. The Morgan fingerprint density at radius 3 is 2.71 bits per heavy atom. The lowest BCUT2D eigenvalue weighted by Gasteiger charge is -2.39. The number of hydrogen-bond acceptors (Lipinski definition) is 6. The topological polar surface area (TPSA) is 105 Å². The molecule has 2 aliphatic rings. The molecule has 0 fully saturated rings. The lowest BCUT2D eigenvalue weighted by atomic mass is 9.73. The number of phenolic OH excluding ortho intramolecular Hbond substituents is 1. The molecule has 3 aromatic rings. The van der Waals surface area contributed by atoms with Gasteiger partial charge in [0, 0.05) is 29.4 Å². The Morgan fingerprint density at radius 2 is 1.97 bits per heavy atom. The Morgan fingerprint density at radius 1 is 1.21 bits per heavy atom. The van der Waals surface area contributed by atoms with Gasteiger partial charge in [0.15, 0.2) is 5.78 Å². The number of ether oxygens (including phenoxy) is 1. The van der Waals surface area contributed by atoms with E-state index in [0.717, 1.165) is 11.3 Å². The van der Waals surface area contributed by atoms with Gasteiger partial charge in [-0.1, -0.05) is 32.0 Å². The minimum Gasteiger partial charge on any atom is -0.508 e. The second-order valence-electron chi connectivity index (χ2n) is 9.49. The van der Waals surface area contributed by atoms with Gasteiger partial charge in [0.25, 0.3) is 5.91 Å². The number of Topliss-reactive ketones (excluding diaryl/α,β-unsaturated/α-hetero) is 1. The van der Waals surface area contributed by atoms with Crippen molar-refractivity contribution in [2.24, 2.45) is 5.41 Å². The lowest BCUT2D eigenvalue weighted by Crippen LogP contribution is -2.36. The quantitative estimate of drug-likeness (QED) is 0.531. The maximum Gasteiger partial charge on any atom is 0.261 e. The van der Waals surface area contributed by atoms with E-state index in [-0.39, 0.29) is 22.9 Å². The molecule has 1 amide bonds. The summed E-state index contributed by atoms with van der Waals surface area (Å²) < 4.78 is 6.92. The Balaban J connectivity index is 1.57. The van der Waals surface area contributed by atoms with Crippen LogP contribution in [0.5, 0.6) is 11.5 Å². The summed E-state index contributed by atoms with van der Waals surface area (Å²) in [7, 11) is 1.57. The third-order valence-corrected chi connectivity index (χ3v) is 6.28. The number of rotatable bonds is 4. The van der Waals surface area contributed by atoms with Crippen LogP contribution >= 0.6 is 0 Å². The molecule has 1 aromatic heterocycles. The largest absolute Gasteiger partial charge is 0.508 e. The number of carbonyl (C=O) groups is 2. The molecule has 0 unspecified atom stereocenters. The van der Waals surface area contributed by atoms with E-state index in [2.05, 4.69) is 29.6 Å². The number of nitrogens with zero attached hydrogens (tertiary/aromatic N) is 2. The third kappa shape index (κ3) is 3.81. The second-order valence-corrected chi connectivity index (χ2v) is 9.49. The summed E-state index contributed by atoms with van der Waals surface area (Å²) in [4.78, 5) is 26.5. The van der Waals surface area contributed by atoms with Gasteiger partial charge in [0.1, 0.15) is 28.9 Å². The van der Waals surface area contributed by atoms with E-state index >= 15 is 0 Å². The first-order valence-electron chi connectivity index (χ1n) is 11.1. The molecule has 8 nitrogen and oxygen atoms in total. The fourth-order valence-corrected chi connectivity index (χ4v) is 4.74. The van der Waals surface area contributed by atoms with Crippen molar-refractivity contribution in [2.75, 3.05) is 17.7 Å². The zero-order valence-electron chi connectivity index (χ0n) is 19.3. The summed E-state index contributed by atoms with van der Waals surface area (Å²) in [6, 6.07) is 13.4. The van der Waals surface area contributed by atoms with Crippen molar-refractivity contribution in [1.82, 2.24) is 9.78 Å². The van der Waals surface area contributed by atoms with Crippen LogP contribution in [0.4, 0.5) is 11.5 Å². The van der Waals surface area contributed by atoms with Crippen LogP contribution in [-0.4, -0.2) is 33.7 Å². The molecule has 0 saturated heterocycles. The van der Waals surface area contributed by atoms with Crippen LogP contribution < -0.4 is 15.4 Å². The number of fused-ring (bicyclic) bond motifs is 1. The number of phenols is 1. The van der Waals surface area contributed by atoms with Crippen molar-refractivity contribution in [3.8, 4) is 11.5 Å². The first kappa shape index (κ1) is 21.8. The fourth-order valence-electron chi connectivity index (χ4n) is 4.74. The third-order valence-electron chi connectivity index (χ3n) is 6.28. The van der Waals surface area contributed by atoms with Crippen LogP contribution in [0.25, 0.3) is 0 Å². The van der Waals surface area contributed by atoms with Crippen molar-refractivity contribution in [2.45, 2.75) is 32.7 Å². The minimum atomic E-state index is -0.492. The Labute approximate surface area is 197 Å². The van der Waals surface area contributed by atoms with Crippen LogP contribution in [0.2, 0.25) is 0 Å². The number of amides is 1. The predicted molar refractivity (Wildman–Crippen MR) is 128 cm³/mol. The molecule has 0 spiro atoms. The molecule has 0 radical (unpaired) electrons. The van der Waals surface area contributed by atoms with Crippen LogP contribution in [0.15, 0.2) is 66.0 Å². The maximum atomic E-state index is 13.3. The standard InChI is InChI=1S/C26H26N4O4/c1-26(2)12-20-22(21(32)13-26)23(15-7-9-17(31)10-8-15)30-24(29-20)19(14-27-30)25(33)28-16-5-4-6-18(11-16)34-3/h4-11,14,23,29,31H,12-13H2,1-3H3,(H,28,33)/t23-/m0/s1. The van der Waals surface area contributed by atoms with E-state index < -0.39 is 6.04 Å². The number of aromatic hydroxyl groups is 1. The molecule has 1 atom stereocenters. The van der Waals surface area contributed by atoms with Gasteiger partial charge in [0.05, 0.1) is 13.3 Å². The van der Waals surface area contributed by atoms with Crippen molar-refractivity contribution >= 4 is 23.2 Å². The lowest BCUT2D eigenvalue weighted by molar-refractivity contribution is -0.118. The Bertz CT molecular complexity index is 1320. The van der Waals surface area contributed by atoms with Crippen molar-refractivity contribution in [3.63, 3.8) is 0 Å². The molecule has 5 rings (SSSR count).